The van der Waals surface area contributed by atoms with Gasteiger partial charge < -0.3 is 10.2 Å². The summed E-state index contributed by atoms with van der Waals surface area (Å²) < 4.78 is 0. The molecule has 0 amide bonds. The van der Waals surface area contributed by atoms with Crippen LogP contribution >= 0.6 is 0 Å². The molecule has 0 spiro atoms. The summed E-state index contributed by atoms with van der Waals surface area (Å²) in [5, 5.41) is 3.81. The predicted octanol–water partition coefficient (Wildman–Crippen LogP) is 3.09. The van der Waals surface area contributed by atoms with Crippen molar-refractivity contribution in [2.24, 2.45) is 0 Å². The lowest BCUT2D eigenvalue weighted by Gasteiger charge is -2.35. The minimum atomic E-state index is 0.800. The van der Waals surface area contributed by atoms with Gasteiger partial charge in [-0.2, -0.15) is 0 Å². The third-order valence-corrected chi connectivity index (χ3v) is 5.08. The molecule has 2 heterocycles. The van der Waals surface area contributed by atoms with E-state index in [0.717, 1.165) is 12.1 Å². The summed E-state index contributed by atoms with van der Waals surface area (Å²) in [7, 11) is 0. The van der Waals surface area contributed by atoms with Gasteiger partial charge in [-0.15, -0.1) is 0 Å². The lowest BCUT2D eigenvalue weighted by Crippen LogP contribution is -2.45. The quantitative estimate of drug-likeness (QED) is 0.769. The van der Waals surface area contributed by atoms with E-state index in [2.05, 4.69) is 16.3 Å². The number of piperidine rings is 1. The van der Waals surface area contributed by atoms with Crippen molar-refractivity contribution in [2.45, 2.75) is 69.9 Å². The van der Waals surface area contributed by atoms with Gasteiger partial charge in [-0.05, 0) is 77.4 Å². The van der Waals surface area contributed by atoms with Crippen LogP contribution in [0, 0.1) is 0 Å². The van der Waals surface area contributed by atoms with Crippen molar-refractivity contribution in [1.82, 2.24) is 10.2 Å². The van der Waals surface area contributed by atoms with Crippen molar-refractivity contribution in [1.29, 1.82) is 0 Å². The normalized spacial score (nSPS) is 33.2. The molecule has 3 rings (SSSR count). The molecule has 2 atom stereocenters. The molecule has 1 N–H and O–H groups in total. The van der Waals surface area contributed by atoms with Crippen LogP contribution in [-0.2, 0) is 0 Å². The summed E-state index contributed by atoms with van der Waals surface area (Å²) in [6.07, 6.45) is 15.0. The molecule has 0 radical (unpaired) electrons. The molecule has 2 heteroatoms. The number of hydrogen-bond acceptors (Lipinski definition) is 2. The first kappa shape index (κ1) is 12.7. The second-order valence-corrected chi connectivity index (χ2v) is 6.37. The minimum absolute atomic E-state index is 0.800. The zero-order chi connectivity index (χ0) is 12.2. The van der Waals surface area contributed by atoms with Crippen molar-refractivity contribution in [2.75, 3.05) is 19.6 Å². The largest absolute Gasteiger partial charge is 0.314 e. The number of fused-ring (bicyclic) bond motifs is 1. The van der Waals surface area contributed by atoms with Crippen LogP contribution in [0.2, 0.25) is 0 Å². The van der Waals surface area contributed by atoms with E-state index in [4.69, 9.17) is 0 Å². The first-order valence-electron chi connectivity index (χ1n) is 8.07. The molecule has 2 aliphatic heterocycles. The molecule has 0 aromatic carbocycles. The zero-order valence-electron chi connectivity index (χ0n) is 11.7. The summed E-state index contributed by atoms with van der Waals surface area (Å²) in [5.41, 5.74) is 1.71. The van der Waals surface area contributed by atoms with Crippen molar-refractivity contribution < 1.29 is 0 Å². The molecule has 3 aliphatic rings. The van der Waals surface area contributed by atoms with E-state index < -0.39 is 0 Å². The molecule has 0 aromatic rings. The molecule has 2 nitrogen and oxygen atoms in total. The second kappa shape index (κ2) is 6.21. The third-order valence-electron chi connectivity index (χ3n) is 5.08. The Kier molecular flexibility index (Phi) is 4.37. The molecule has 2 fully saturated rings. The van der Waals surface area contributed by atoms with Gasteiger partial charge in [-0.3, -0.25) is 0 Å². The van der Waals surface area contributed by atoms with Crippen LogP contribution in [-0.4, -0.2) is 36.6 Å². The summed E-state index contributed by atoms with van der Waals surface area (Å²) in [5.74, 6) is 0. The van der Waals surface area contributed by atoms with Crippen LogP contribution in [0.1, 0.15) is 57.8 Å². The van der Waals surface area contributed by atoms with Crippen molar-refractivity contribution in [3.8, 4) is 0 Å². The lowest BCUT2D eigenvalue weighted by atomic mass is 9.95. The van der Waals surface area contributed by atoms with E-state index in [-0.39, 0.29) is 0 Å². The molecule has 0 bridgehead atoms. The fraction of sp³-hybridized carbons (Fsp3) is 0.875. The lowest BCUT2D eigenvalue weighted by molar-refractivity contribution is 0.167. The molecule has 18 heavy (non-hydrogen) atoms. The van der Waals surface area contributed by atoms with E-state index in [1.165, 1.54) is 77.4 Å². The number of hydrogen-bond donors (Lipinski definition) is 1. The Bertz CT molecular complexity index is 297. The van der Waals surface area contributed by atoms with Gasteiger partial charge in [0.15, 0.2) is 0 Å². The summed E-state index contributed by atoms with van der Waals surface area (Å²) in [6.45, 7) is 3.92. The second-order valence-electron chi connectivity index (χ2n) is 6.37. The Morgan fingerprint density at radius 1 is 1.17 bits per heavy atom. The van der Waals surface area contributed by atoms with Crippen LogP contribution in [0.25, 0.3) is 0 Å². The van der Waals surface area contributed by atoms with Crippen molar-refractivity contribution in [3.05, 3.63) is 11.6 Å². The summed E-state index contributed by atoms with van der Waals surface area (Å²) >= 11 is 0. The van der Waals surface area contributed by atoms with E-state index in [9.17, 15) is 0 Å². The molecule has 2 unspecified atom stereocenters. The molecule has 1 aliphatic carbocycles. The first-order chi connectivity index (χ1) is 8.92. The van der Waals surface area contributed by atoms with E-state index in [0.29, 0.717) is 0 Å². The zero-order valence-corrected chi connectivity index (χ0v) is 11.7. The summed E-state index contributed by atoms with van der Waals surface area (Å²) in [4.78, 5) is 2.71. The fourth-order valence-corrected chi connectivity index (χ4v) is 3.98. The smallest absolute Gasteiger partial charge is 0.0111 e. The first-order valence-corrected chi connectivity index (χ1v) is 8.07. The van der Waals surface area contributed by atoms with Gasteiger partial charge in [0, 0.05) is 12.1 Å². The molecule has 0 aromatic heterocycles. The number of nitrogens with one attached hydrogen (secondary N) is 1. The highest BCUT2D eigenvalue weighted by Gasteiger charge is 2.31. The Morgan fingerprint density at radius 3 is 3.06 bits per heavy atom. The fourth-order valence-electron chi connectivity index (χ4n) is 3.98. The number of nitrogens with zero attached hydrogens (tertiary/aromatic N) is 1. The highest BCUT2D eigenvalue weighted by molar-refractivity contribution is 5.05. The maximum absolute atomic E-state index is 3.81. The van der Waals surface area contributed by atoms with Gasteiger partial charge in [0.05, 0.1) is 0 Å². The van der Waals surface area contributed by atoms with E-state index >= 15 is 0 Å². The van der Waals surface area contributed by atoms with Crippen LogP contribution < -0.4 is 5.32 Å². The van der Waals surface area contributed by atoms with Gasteiger partial charge in [0.25, 0.3) is 0 Å². The third kappa shape index (κ3) is 3.16. The Morgan fingerprint density at radius 2 is 2.17 bits per heavy atom. The van der Waals surface area contributed by atoms with Gasteiger partial charge in [0.2, 0.25) is 0 Å². The molecule has 102 valence electrons. The standard InChI is InChI=1S/C16H28N2/c1-2-5-14(6-3-1)8-10-17-15-9-12-18-11-4-7-16(18)13-15/h5,15-17H,1-4,6-13H2. The average Bonchev–Trinajstić information content (AvgIpc) is 2.87. The Balaban J connectivity index is 1.37. The monoisotopic (exact) mass is 248 g/mol. The van der Waals surface area contributed by atoms with Crippen LogP contribution in [0.5, 0.6) is 0 Å². The molecular weight excluding hydrogens is 220 g/mol. The minimum Gasteiger partial charge on any atom is -0.314 e. The van der Waals surface area contributed by atoms with Gasteiger partial charge in [0.1, 0.15) is 0 Å². The maximum atomic E-state index is 3.81. The topological polar surface area (TPSA) is 15.3 Å². The van der Waals surface area contributed by atoms with Gasteiger partial charge in [-0.25, -0.2) is 0 Å². The summed E-state index contributed by atoms with van der Waals surface area (Å²) in [6, 6.07) is 1.71. The highest BCUT2D eigenvalue weighted by atomic mass is 15.2. The number of allylic oxidation sites excluding steroid dienone is 1. The van der Waals surface area contributed by atoms with Crippen LogP contribution in [0.4, 0.5) is 0 Å². The predicted molar refractivity (Wildman–Crippen MR) is 76.8 cm³/mol. The average molecular weight is 248 g/mol. The van der Waals surface area contributed by atoms with Crippen molar-refractivity contribution in [3.63, 3.8) is 0 Å². The number of rotatable bonds is 4. The van der Waals surface area contributed by atoms with Crippen LogP contribution in [0.15, 0.2) is 11.6 Å². The molecule has 2 saturated heterocycles. The highest BCUT2D eigenvalue weighted by Crippen LogP contribution is 2.27. The molecule has 0 saturated carbocycles. The SMILES string of the molecule is C1=C(CCNC2CCN3CCCC3C2)CCCC1. The Hall–Kier alpha value is -0.340. The van der Waals surface area contributed by atoms with Gasteiger partial charge >= 0.3 is 0 Å². The molecular formula is C16H28N2. The maximum Gasteiger partial charge on any atom is 0.0111 e. The van der Waals surface area contributed by atoms with E-state index in [1.807, 2.05) is 0 Å². The van der Waals surface area contributed by atoms with Gasteiger partial charge in [-0.1, -0.05) is 11.6 Å². The van der Waals surface area contributed by atoms with Crippen LogP contribution in [0.3, 0.4) is 0 Å². The Labute approximate surface area is 112 Å². The van der Waals surface area contributed by atoms with Crippen molar-refractivity contribution >= 4 is 0 Å². The van der Waals surface area contributed by atoms with E-state index in [1.54, 1.807) is 5.57 Å².